The first-order valence-electron chi connectivity index (χ1n) is 6.85. The van der Waals surface area contributed by atoms with Gasteiger partial charge in [0.25, 0.3) is 0 Å². The second-order valence-electron chi connectivity index (χ2n) is 5.09. The zero-order valence-corrected chi connectivity index (χ0v) is 12.4. The molecule has 1 aromatic heterocycles. The zero-order chi connectivity index (χ0) is 14.8. The molecule has 1 fully saturated rings. The summed E-state index contributed by atoms with van der Waals surface area (Å²) >= 11 is 0. The summed E-state index contributed by atoms with van der Waals surface area (Å²) in [7, 11) is -3.82. The Morgan fingerprint density at radius 3 is 2.65 bits per heavy atom. The SMILES string of the molecule is CCCOC(=O)c1cc(S(N)(=O)=O)cn1C1CCCC1. The van der Waals surface area contributed by atoms with Gasteiger partial charge in [0.15, 0.2) is 0 Å². The Balaban J connectivity index is 2.36. The summed E-state index contributed by atoms with van der Waals surface area (Å²) in [4.78, 5) is 12.0. The van der Waals surface area contributed by atoms with Gasteiger partial charge in [-0.25, -0.2) is 18.4 Å². The van der Waals surface area contributed by atoms with Crippen LogP contribution in [0.4, 0.5) is 0 Å². The van der Waals surface area contributed by atoms with Gasteiger partial charge in [-0.15, -0.1) is 0 Å². The number of ether oxygens (including phenoxy) is 1. The van der Waals surface area contributed by atoms with E-state index in [-0.39, 0.29) is 16.6 Å². The molecule has 20 heavy (non-hydrogen) atoms. The number of aromatic nitrogens is 1. The molecule has 0 amide bonds. The molecule has 1 aromatic rings. The molecule has 2 rings (SSSR count). The summed E-state index contributed by atoms with van der Waals surface area (Å²) in [5.41, 5.74) is 0.273. The van der Waals surface area contributed by atoms with Crippen molar-refractivity contribution in [2.24, 2.45) is 5.14 Å². The van der Waals surface area contributed by atoms with Crippen LogP contribution in [-0.2, 0) is 14.8 Å². The number of primary sulfonamides is 1. The van der Waals surface area contributed by atoms with E-state index in [1.165, 1.54) is 12.3 Å². The van der Waals surface area contributed by atoms with E-state index in [1.54, 1.807) is 4.57 Å². The number of hydrogen-bond donors (Lipinski definition) is 1. The minimum absolute atomic E-state index is 0.0344. The Labute approximate surface area is 119 Å². The predicted molar refractivity (Wildman–Crippen MR) is 73.9 cm³/mol. The van der Waals surface area contributed by atoms with Gasteiger partial charge in [-0.05, 0) is 25.3 Å². The minimum atomic E-state index is -3.82. The van der Waals surface area contributed by atoms with Crippen molar-refractivity contribution >= 4 is 16.0 Å². The van der Waals surface area contributed by atoms with Crippen LogP contribution >= 0.6 is 0 Å². The first-order valence-corrected chi connectivity index (χ1v) is 8.40. The van der Waals surface area contributed by atoms with Crippen molar-refractivity contribution in [1.29, 1.82) is 0 Å². The van der Waals surface area contributed by atoms with E-state index in [2.05, 4.69) is 0 Å². The fourth-order valence-electron chi connectivity index (χ4n) is 2.53. The molecular formula is C13H20N2O4S. The molecular weight excluding hydrogens is 280 g/mol. The number of carbonyl (C=O) groups is 1. The lowest BCUT2D eigenvalue weighted by Crippen LogP contribution is -2.15. The average Bonchev–Trinajstić information content (AvgIpc) is 3.02. The van der Waals surface area contributed by atoms with Crippen molar-refractivity contribution in [3.05, 3.63) is 18.0 Å². The van der Waals surface area contributed by atoms with Crippen molar-refractivity contribution in [1.82, 2.24) is 4.57 Å². The minimum Gasteiger partial charge on any atom is -0.461 e. The summed E-state index contributed by atoms with van der Waals surface area (Å²) in [5.74, 6) is -0.492. The monoisotopic (exact) mass is 300 g/mol. The van der Waals surface area contributed by atoms with Crippen LogP contribution in [-0.4, -0.2) is 25.6 Å². The van der Waals surface area contributed by atoms with Crippen molar-refractivity contribution < 1.29 is 17.9 Å². The smallest absolute Gasteiger partial charge is 0.354 e. The van der Waals surface area contributed by atoms with Crippen molar-refractivity contribution in [3.8, 4) is 0 Å². The summed E-state index contributed by atoms with van der Waals surface area (Å²) < 4.78 is 29.7. The molecule has 1 saturated carbocycles. The molecule has 1 heterocycles. The maximum Gasteiger partial charge on any atom is 0.354 e. The molecule has 6 nitrogen and oxygen atoms in total. The maximum absolute atomic E-state index is 12.0. The Bertz CT molecular complexity index is 586. The third kappa shape index (κ3) is 3.21. The van der Waals surface area contributed by atoms with Gasteiger partial charge in [-0.1, -0.05) is 19.8 Å². The molecule has 1 aliphatic carbocycles. The fraction of sp³-hybridized carbons (Fsp3) is 0.615. The fourth-order valence-corrected chi connectivity index (χ4v) is 3.06. The maximum atomic E-state index is 12.0. The van der Waals surface area contributed by atoms with Gasteiger partial charge in [0.05, 0.1) is 6.61 Å². The predicted octanol–water partition coefficient (Wildman–Crippen LogP) is 1.82. The molecule has 2 N–H and O–H groups in total. The number of nitrogens with zero attached hydrogens (tertiary/aromatic N) is 1. The van der Waals surface area contributed by atoms with Crippen LogP contribution in [0.15, 0.2) is 17.2 Å². The molecule has 0 aliphatic heterocycles. The molecule has 0 aromatic carbocycles. The van der Waals surface area contributed by atoms with Crippen molar-refractivity contribution in [3.63, 3.8) is 0 Å². The van der Waals surface area contributed by atoms with Crippen LogP contribution in [0.5, 0.6) is 0 Å². The third-order valence-electron chi connectivity index (χ3n) is 3.52. The van der Waals surface area contributed by atoms with Crippen LogP contribution in [0.25, 0.3) is 0 Å². The topological polar surface area (TPSA) is 91.4 Å². The Kier molecular flexibility index (Phi) is 4.49. The van der Waals surface area contributed by atoms with Crippen molar-refractivity contribution in [2.75, 3.05) is 6.61 Å². The van der Waals surface area contributed by atoms with Gasteiger partial charge in [0.2, 0.25) is 10.0 Å². The second-order valence-corrected chi connectivity index (χ2v) is 6.65. The van der Waals surface area contributed by atoms with E-state index >= 15 is 0 Å². The number of esters is 1. The lowest BCUT2D eigenvalue weighted by Gasteiger charge is -2.15. The van der Waals surface area contributed by atoms with E-state index in [9.17, 15) is 13.2 Å². The van der Waals surface area contributed by atoms with E-state index in [4.69, 9.17) is 9.88 Å². The first-order chi connectivity index (χ1) is 9.43. The van der Waals surface area contributed by atoms with E-state index in [1.807, 2.05) is 6.92 Å². The van der Waals surface area contributed by atoms with Gasteiger partial charge in [0.1, 0.15) is 10.6 Å². The molecule has 0 radical (unpaired) electrons. The molecule has 0 spiro atoms. The molecule has 0 saturated heterocycles. The molecule has 7 heteroatoms. The van der Waals surface area contributed by atoms with Gasteiger partial charge >= 0.3 is 5.97 Å². The highest BCUT2D eigenvalue weighted by molar-refractivity contribution is 7.89. The lowest BCUT2D eigenvalue weighted by molar-refractivity contribution is 0.0490. The second kappa shape index (κ2) is 5.97. The standard InChI is InChI=1S/C13H20N2O4S/c1-2-7-19-13(16)12-8-11(20(14,17)18)9-15(12)10-5-3-4-6-10/h8-10H,2-7H2,1H3,(H2,14,17,18). The van der Waals surface area contributed by atoms with Gasteiger partial charge < -0.3 is 9.30 Å². The third-order valence-corrected chi connectivity index (χ3v) is 4.40. The van der Waals surface area contributed by atoms with Gasteiger partial charge in [-0.3, -0.25) is 0 Å². The highest BCUT2D eigenvalue weighted by atomic mass is 32.2. The van der Waals surface area contributed by atoms with Gasteiger partial charge in [0, 0.05) is 12.2 Å². The highest BCUT2D eigenvalue weighted by Crippen LogP contribution is 2.32. The Hall–Kier alpha value is -1.34. The van der Waals surface area contributed by atoms with Crippen molar-refractivity contribution in [2.45, 2.75) is 50.0 Å². The number of sulfonamides is 1. The quantitative estimate of drug-likeness (QED) is 0.840. The summed E-state index contributed by atoms with van der Waals surface area (Å²) in [6.07, 6.45) is 6.21. The van der Waals surface area contributed by atoms with Crippen LogP contribution in [0, 0.1) is 0 Å². The van der Waals surface area contributed by atoms with Crippen LogP contribution in [0.1, 0.15) is 55.6 Å². The lowest BCUT2D eigenvalue weighted by atomic mass is 10.2. The number of rotatable bonds is 5. The van der Waals surface area contributed by atoms with Gasteiger partial charge in [-0.2, -0.15) is 0 Å². The largest absolute Gasteiger partial charge is 0.461 e. The molecule has 0 bridgehead atoms. The summed E-state index contributed by atoms with van der Waals surface area (Å²) in [6.45, 7) is 2.22. The summed E-state index contributed by atoms with van der Waals surface area (Å²) in [6, 6.07) is 1.46. The zero-order valence-electron chi connectivity index (χ0n) is 11.5. The molecule has 0 unspecified atom stereocenters. The molecule has 1 aliphatic rings. The van der Waals surface area contributed by atoms with E-state index in [0.29, 0.717) is 6.61 Å². The number of nitrogens with two attached hydrogens (primary N) is 1. The number of hydrogen-bond acceptors (Lipinski definition) is 4. The van der Waals surface area contributed by atoms with Crippen LogP contribution in [0.2, 0.25) is 0 Å². The van der Waals surface area contributed by atoms with Crippen LogP contribution in [0.3, 0.4) is 0 Å². The van der Waals surface area contributed by atoms with Crippen LogP contribution < -0.4 is 5.14 Å². The molecule has 112 valence electrons. The average molecular weight is 300 g/mol. The highest BCUT2D eigenvalue weighted by Gasteiger charge is 2.26. The Morgan fingerprint density at radius 1 is 1.45 bits per heavy atom. The number of carbonyl (C=O) groups excluding carboxylic acids is 1. The molecule has 0 atom stereocenters. The summed E-state index contributed by atoms with van der Waals surface area (Å²) in [5, 5.41) is 5.14. The first kappa shape index (κ1) is 15.1. The Morgan fingerprint density at radius 2 is 2.10 bits per heavy atom. The normalized spacial score (nSPS) is 16.5. The van der Waals surface area contributed by atoms with E-state index < -0.39 is 16.0 Å². The van der Waals surface area contributed by atoms with E-state index in [0.717, 1.165) is 32.1 Å².